The number of amides is 1. The lowest BCUT2D eigenvalue weighted by Gasteiger charge is -2.12. The molecule has 0 spiro atoms. The Bertz CT molecular complexity index is 1020. The molecule has 1 amide bonds. The van der Waals surface area contributed by atoms with Crippen molar-refractivity contribution in [2.24, 2.45) is 0 Å². The van der Waals surface area contributed by atoms with Crippen LogP contribution in [-0.2, 0) is 6.61 Å². The number of hydrogen-bond acceptors (Lipinski definition) is 5. The molecule has 0 aliphatic heterocycles. The van der Waals surface area contributed by atoms with Gasteiger partial charge < -0.3 is 15.4 Å². The highest BCUT2D eigenvalue weighted by Crippen LogP contribution is 2.23. The zero-order chi connectivity index (χ0) is 21.3. The molecule has 3 aromatic rings. The normalized spacial score (nSPS) is 10.3. The molecule has 0 radical (unpaired) electrons. The minimum absolute atomic E-state index is 0.0247. The van der Waals surface area contributed by atoms with E-state index in [-0.39, 0.29) is 30.6 Å². The van der Waals surface area contributed by atoms with E-state index in [4.69, 9.17) is 4.74 Å². The van der Waals surface area contributed by atoms with Gasteiger partial charge in [0.05, 0.1) is 10.5 Å². The predicted molar refractivity (Wildman–Crippen MR) is 111 cm³/mol. The number of carbonyl (C=O) groups is 1. The molecule has 0 fully saturated rings. The van der Waals surface area contributed by atoms with Gasteiger partial charge in [0.2, 0.25) is 0 Å². The Hall–Kier alpha value is -3.94. The first-order valence-corrected chi connectivity index (χ1v) is 9.26. The van der Waals surface area contributed by atoms with Gasteiger partial charge in [-0.05, 0) is 35.9 Å². The van der Waals surface area contributed by atoms with E-state index in [0.29, 0.717) is 23.5 Å². The largest absolute Gasteiger partial charge is 0.488 e. The average molecular weight is 409 g/mol. The van der Waals surface area contributed by atoms with Gasteiger partial charge in [0, 0.05) is 19.2 Å². The Kier molecular flexibility index (Phi) is 6.94. The van der Waals surface area contributed by atoms with E-state index in [1.807, 2.05) is 0 Å². The molecule has 8 heteroatoms. The van der Waals surface area contributed by atoms with Crippen LogP contribution in [0.15, 0.2) is 72.8 Å². The number of benzene rings is 3. The Morgan fingerprint density at radius 1 is 0.967 bits per heavy atom. The number of hydrogen-bond donors (Lipinski definition) is 2. The summed E-state index contributed by atoms with van der Waals surface area (Å²) >= 11 is 0. The van der Waals surface area contributed by atoms with Crippen LogP contribution >= 0.6 is 0 Å². The van der Waals surface area contributed by atoms with Gasteiger partial charge in [-0.3, -0.25) is 14.9 Å². The van der Waals surface area contributed by atoms with E-state index in [0.717, 1.165) is 5.56 Å². The number of nitro benzene ring substituents is 1. The Morgan fingerprint density at radius 2 is 1.67 bits per heavy atom. The van der Waals surface area contributed by atoms with Crippen molar-refractivity contribution in [2.75, 3.05) is 18.4 Å². The first kappa shape index (κ1) is 20.8. The van der Waals surface area contributed by atoms with Crippen LogP contribution in [-0.4, -0.2) is 23.9 Å². The summed E-state index contributed by atoms with van der Waals surface area (Å²) in [4.78, 5) is 23.1. The fourth-order valence-electron chi connectivity index (χ4n) is 2.77. The molecule has 0 atom stereocenters. The van der Waals surface area contributed by atoms with Crippen molar-refractivity contribution < 1.29 is 18.8 Å². The number of rotatable bonds is 9. The van der Waals surface area contributed by atoms with Crippen molar-refractivity contribution in [3.05, 3.63) is 99.9 Å². The fourth-order valence-corrected chi connectivity index (χ4v) is 2.77. The predicted octanol–water partition coefficient (Wildman–Crippen LogP) is 4.15. The van der Waals surface area contributed by atoms with E-state index >= 15 is 0 Å². The minimum Gasteiger partial charge on any atom is -0.488 e. The molecule has 3 rings (SSSR count). The van der Waals surface area contributed by atoms with Crippen LogP contribution in [0, 0.1) is 15.9 Å². The van der Waals surface area contributed by atoms with Crippen LogP contribution in [0.1, 0.15) is 15.9 Å². The van der Waals surface area contributed by atoms with Gasteiger partial charge in [0.25, 0.3) is 11.6 Å². The average Bonchev–Trinajstić information content (AvgIpc) is 2.76. The lowest BCUT2D eigenvalue weighted by atomic mass is 10.2. The Labute approximate surface area is 172 Å². The molecule has 2 N–H and O–H groups in total. The standard InChI is InChI=1S/C22H20FN3O4/c23-17-11-9-16(10-12-17)15-30-21-8-4-1-5-18(21)22(27)25-14-13-24-19-6-2-3-7-20(19)26(28)29/h1-12,24H,13-15H2,(H,25,27). The first-order chi connectivity index (χ1) is 14.5. The topological polar surface area (TPSA) is 93.5 Å². The van der Waals surface area contributed by atoms with Crippen LogP contribution in [0.4, 0.5) is 15.8 Å². The van der Waals surface area contributed by atoms with E-state index < -0.39 is 4.92 Å². The fraction of sp³-hybridized carbons (Fsp3) is 0.136. The lowest BCUT2D eigenvalue weighted by Crippen LogP contribution is -2.29. The number of nitrogens with zero attached hydrogens (tertiary/aromatic N) is 1. The van der Waals surface area contributed by atoms with Gasteiger partial charge >= 0.3 is 0 Å². The second-order valence-electron chi connectivity index (χ2n) is 6.37. The van der Waals surface area contributed by atoms with Crippen molar-refractivity contribution in [1.29, 1.82) is 0 Å². The van der Waals surface area contributed by atoms with Crippen LogP contribution in [0.2, 0.25) is 0 Å². The summed E-state index contributed by atoms with van der Waals surface area (Å²) in [5, 5.41) is 16.7. The van der Waals surface area contributed by atoms with Gasteiger partial charge in [-0.2, -0.15) is 0 Å². The third-order valence-corrected chi connectivity index (χ3v) is 4.27. The summed E-state index contributed by atoms with van der Waals surface area (Å²) in [5.74, 6) is -0.243. The number of halogens is 1. The zero-order valence-corrected chi connectivity index (χ0v) is 16.0. The van der Waals surface area contributed by atoms with Gasteiger partial charge in [-0.25, -0.2) is 4.39 Å². The molecule has 0 aliphatic carbocycles. The number of anilines is 1. The summed E-state index contributed by atoms with van der Waals surface area (Å²) in [6, 6.07) is 19.1. The Morgan fingerprint density at radius 3 is 2.43 bits per heavy atom. The van der Waals surface area contributed by atoms with Crippen molar-refractivity contribution >= 4 is 17.3 Å². The third-order valence-electron chi connectivity index (χ3n) is 4.27. The minimum atomic E-state index is -0.463. The van der Waals surface area contributed by atoms with Crippen molar-refractivity contribution in [3.63, 3.8) is 0 Å². The molecule has 154 valence electrons. The summed E-state index contributed by atoms with van der Waals surface area (Å²) in [6.45, 7) is 0.774. The molecule has 3 aromatic carbocycles. The van der Waals surface area contributed by atoms with E-state index in [9.17, 15) is 19.3 Å². The molecular weight excluding hydrogens is 389 g/mol. The van der Waals surface area contributed by atoms with Crippen molar-refractivity contribution in [3.8, 4) is 5.75 Å². The summed E-state index contributed by atoms with van der Waals surface area (Å²) < 4.78 is 18.7. The maximum Gasteiger partial charge on any atom is 0.292 e. The molecular formula is C22H20FN3O4. The van der Waals surface area contributed by atoms with Crippen molar-refractivity contribution in [1.82, 2.24) is 5.32 Å². The highest BCUT2D eigenvalue weighted by molar-refractivity contribution is 5.96. The molecule has 0 aliphatic rings. The molecule has 0 unspecified atom stereocenters. The highest BCUT2D eigenvalue weighted by atomic mass is 19.1. The number of nitro groups is 1. The number of ether oxygens (including phenoxy) is 1. The summed E-state index contributed by atoms with van der Waals surface area (Å²) in [7, 11) is 0. The quantitative estimate of drug-likeness (QED) is 0.315. The molecule has 0 saturated heterocycles. The summed E-state index contributed by atoms with van der Waals surface area (Å²) in [5.41, 5.74) is 1.51. The maximum absolute atomic E-state index is 13.0. The number of carbonyl (C=O) groups excluding carboxylic acids is 1. The smallest absolute Gasteiger partial charge is 0.292 e. The van der Waals surface area contributed by atoms with Crippen LogP contribution in [0.25, 0.3) is 0 Å². The SMILES string of the molecule is O=C(NCCNc1ccccc1[N+](=O)[O-])c1ccccc1OCc1ccc(F)cc1. The van der Waals surface area contributed by atoms with Gasteiger partial charge in [-0.1, -0.05) is 36.4 Å². The molecule has 30 heavy (non-hydrogen) atoms. The molecule has 0 aromatic heterocycles. The highest BCUT2D eigenvalue weighted by Gasteiger charge is 2.13. The number of para-hydroxylation sites is 3. The first-order valence-electron chi connectivity index (χ1n) is 9.26. The van der Waals surface area contributed by atoms with Crippen LogP contribution < -0.4 is 15.4 Å². The van der Waals surface area contributed by atoms with E-state index in [2.05, 4.69) is 10.6 Å². The van der Waals surface area contributed by atoms with Gasteiger partial charge in [0.1, 0.15) is 23.9 Å². The molecule has 0 bridgehead atoms. The Balaban J connectivity index is 1.54. The van der Waals surface area contributed by atoms with Crippen LogP contribution in [0.3, 0.4) is 0 Å². The second kappa shape index (κ2) is 10.0. The lowest BCUT2D eigenvalue weighted by molar-refractivity contribution is -0.384. The third kappa shape index (κ3) is 5.54. The van der Waals surface area contributed by atoms with Crippen molar-refractivity contribution in [2.45, 2.75) is 6.61 Å². The zero-order valence-electron chi connectivity index (χ0n) is 16.0. The molecule has 7 nitrogen and oxygen atoms in total. The molecule has 0 heterocycles. The second-order valence-corrected chi connectivity index (χ2v) is 6.37. The maximum atomic E-state index is 13.0. The van der Waals surface area contributed by atoms with E-state index in [1.54, 1.807) is 54.6 Å². The van der Waals surface area contributed by atoms with Crippen LogP contribution in [0.5, 0.6) is 5.75 Å². The number of nitrogens with one attached hydrogen (secondary N) is 2. The monoisotopic (exact) mass is 409 g/mol. The van der Waals surface area contributed by atoms with E-state index in [1.165, 1.54) is 18.2 Å². The molecule has 0 saturated carbocycles. The van der Waals surface area contributed by atoms with Gasteiger partial charge in [-0.15, -0.1) is 0 Å². The van der Waals surface area contributed by atoms with Gasteiger partial charge in [0.15, 0.2) is 0 Å². The summed E-state index contributed by atoms with van der Waals surface area (Å²) in [6.07, 6.45) is 0.